The van der Waals surface area contributed by atoms with Gasteiger partial charge in [0.1, 0.15) is 6.04 Å². The summed E-state index contributed by atoms with van der Waals surface area (Å²) in [7, 11) is 0. The zero-order chi connectivity index (χ0) is 13.1. The molecule has 0 aromatic rings. The largest absolute Gasteiger partial charge is 0.480 e. The SMILES string of the molecule is O=C(O)[C@@H]1CSCN1C(=O)N1CCOC(CO)C1. The van der Waals surface area contributed by atoms with Crippen LogP contribution >= 0.6 is 11.8 Å². The van der Waals surface area contributed by atoms with E-state index in [9.17, 15) is 9.59 Å². The number of ether oxygens (including phenoxy) is 1. The molecule has 2 amide bonds. The fraction of sp³-hybridized carbons (Fsp3) is 0.800. The van der Waals surface area contributed by atoms with Crippen LogP contribution in [0.2, 0.25) is 0 Å². The van der Waals surface area contributed by atoms with Gasteiger partial charge in [-0.3, -0.25) is 0 Å². The van der Waals surface area contributed by atoms with Gasteiger partial charge < -0.3 is 24.7 Å². The van der Waals surface area contributed by atoms with Gasteiger partial charge in [-0.15, -0.1) is 11.8 Å². The lowest BCUT2D eigenvalue weighted by molar-refractivity contribution is -0.141. The number of hydrogen-bond acceptors (Lipinski definition) is 5. The van der Waals surface area contributed by atoms with Crippen LogP contribution in [0.4, 0.5) is 4.79 Å². The summed E-state index contributed by atoms with van der Waals surface area (Å²) in [6.45, 7) is 0.974. The maximum atomic E-state index is 12.2. The quantitative estimate of drug-likeness (QED) is 0.690. The predicted molar refractivity (Wildman–Crippen MR) is 64.4 cm³/mol. The first-order valence-corrected chi connectivity index (χ1v) is 6.87. The number of morpholine rings is 1. The first-order chi connectivity index (χ1) is 8.63. The molecular weight excluding hydrogens is 260 g/mol. The number of aliphatic hydroxyl groups is 1. The molecule has 0 spiro atoms. The summed E-state index contributed by atoms with van der Waals surface area (Å²) >= 11 is 1.43. The maximum Gasteiger partial charge on any atom is 0.327 e. The Kier molecular flexibility index (Phi) is 4.31. The molecule has 2 fully saturated rings. The average molecular weight is 276 g/mol. The van der Waals surface area contributed by atoms with Gasteiger partial charge in [0.05, 0.1) is 31.7 Å². The summed E-state index contributed by atoms with van der Waals surface area (Å²) in [4.78, 5) is 26.2. The third-order valence-corrected chi connectivity index (χ3v) is 4.04. The van der Waals surface area contributed by atoms with E-state index in [4.69, 9.17) is 14.9 Å². The lowest BCUT2D eigenvalue weighted by Crippen LogP contribution is -2.54. The molecule has 7 nitrogen and oxygen atoms in total. The highest BCUT2D eigenvalue weighted by molar-refractivity contribution is 7.99. The van der Waals surface area contributed by atoms with Gasteiger partial charge in [-0.1, -0.05) is 0 Å². The second-order valence-corrected chi connectivity index (χ2v) is 5.23. The number of carbonyl (C=O) groups is 2. The Morgan fingerprint density at radius 1 is 1.44 bits per heavy atom. The highest BCUT2D eigenvalue weighted by atomic mass is 32.2. The fourth-order valence-electron chi connectivity index (χ4n) is 2.02. The van der Waals surface area contributed by atoms with Gasteiger partial charge in [-0.05, 0) is 0 Å². The molecule has 2 rings (SSSR count). The number of aliphatic hydroxyl groups excluding tert-OH is 1. The minimum absolute atomic E-state index is 0.138. The smallest absolute Gasteiger partial charge is 0.327 e. The van der Waals surface area contributed by atoms with E-state index >= 15 is 0 Å². The van der Waals surface area contributed by atoms with Crippen LogP contribution in [0.25, 0.3) is 0 Å². The van der Waals surface area contributed by atoms with Crippen LogP contribution in [0.1, 0.15) is 0 Å². The van der Waals surface area contributed by atoms with Crippen molar-refractivity contribution in [2.24, 2.45) is 0 Å². The van der Waals surface area contributed by atoms with Gasteiger partial charge in [0, 0.05) is 12.3 Å². The minimum atomic E-state index is -0.972. The lowest BCUT2D eigenvalue weighted by atomic mass is 10.2. The van der Waals surface area contributed by atoms with Crippen LogP contribution in [-0.4, -0.2) is 82.1 Å². The Hall–Kier alpha value is -0.990. The van der Waals surface area contributed by atoms with E-state index in [1.54, 1.807) is 4.90 Å². The minimum Gasteiger partial charge on any atom is -0.480 e. The van der Waals surface area contributed by atoms with Crippen molar-refractivity contribution in [2.45, 2.75) is 12.1 Å². The molecule has 2 aliphatic heterocycles. The van der Waals surface area contributed by atoms with Gasteiger partial charge in [-0.2, -0.15) is 0 Å². The maximum absolute atomic E-state index is 12.2. The van der Waals surface area contributed by atoms with Crippen molar-refractivity contribution >= 4 is 23.8 Å². The number of rotatable bonds is 2. The van der Waals surface area contributed by atoms with Gasteiger partial charge in [0.25, 0.3) is 0 Å². The van der Waals surface area contributed by atoms with Crippen LogP contribution in [-0.2, 0) is 9.53 Å². The van der Waals surface area contributed by atoms with Crippen molar-refractivity contribution in [1.82, 2.24) is 9.80 Å². The van der Waals surface area contributed by atoms with E-state index in [2.05, 4.69) is 0 Å². The topological polar surface area (TPSA) is 90.3 Å². The Balaban J connectivity index is 1.99. The van der Waals surface area contributed by atoms with Crippen molar-refractivity contribution in [2.75, 3.05) is 37.9 Å². The zero-order valence-corrected chi connectivity index (χ0v) is 10.6. The molecule has 2 aliphatic rings. The summed E-state index contributed by atoms with van der Waals surface area (Å²) in [5, 5.41) is 18.1. The summed E-state index contributed by atoms with van der Waals surface area (Å²) in [6, 6.07) is -1.04. The molecule has 2 heterocycles. The summed E-state index contributed by atoms with van der Waals surface area (Å²) in [6.07, 6.45) is -0.374. The zero-order valence-electron chi connectivity index (χ0n) is 9.82. The van der Waals surface area contributed by atoms with Gasteiger partial charge in [0.2, 0.25) is 0 Å². The van der Waals surface area contributed by atoms with Gasteiger partial charge >= 0.3 is 12.0 Å². The molecule has 2 saturated heterocycles. The molecule has 0 aromatic carbocycles. The number of aliphatic carboxylic acids is 1. The molecular formula is C10H16N2O5S. The lowest BCUT2D eigenvalue weighted by Gasteiger charge is -2.35. The van der Waals surface area contributed by atoms with Crippen LogP contribution in [0.5, 0.6) is 0 Å². The van der Waals surface area contributed by atoms with Crippen LogP contribution in [0, 0.1) is 0 Å². The molecule has 2 N–H and O–H groups in total. The first kappa shape index (κ1) is 13.4. The second kappa shape index (κ2) is 5.77. The number of urea groups is 1. The molecule has 8 heteroatoms. The normalized spacial score (nSPS) is 28.5. The number of carbonyl (C=O) groups excluding carboxylic acids is 1. The highest BCUT2D eigenvalue weighted by Gasteiger charge is 2.38. The van der Waals surface area contributed by atoms with Crippen molar-refractivity contribution in [3.63, 3.8) is 0 Å². The van der Waals surface area contributed by atoms with Crippen molar-refractivity contribution in [3.8, 4) is 0 Å². The molecule has 18 heavy (non-hydrogen) atoms. The number of nitrogens with zero attached hydrogens (tertiary/aromatic N) is 2. The van der Waals surface area contributed by atoms with Crippen LogP contribution in [0.3, 0.4) is 0 Å². The van der Waals surface area contributed by atoms with E-state index in [0.29, 0.717) is 31.3 Å². The highest BCUT2D eigenvalue weighted by Crippen LogP contribution is 2.23. The molecule has 0 aromatic heterocycles. The first-order valence-electron chi connectivity index (χ1n) is 5.72. The Morgan fingerprint density at radius 2 is 2.22 bits per heavy atom. The van der Waals surface area contributed by atoms with Gasteiger partial charge in [0.15, 0.2) is 0 Å². The summed E-state index contributed by atoms with van der Waals surface area (Å²) in [5.74, 6) is -0.147. The molecule has 0 radical (unpaired) electrons. The molecule has 0 aliphatic carbocycles. The predicted octanol–water partition coefficient (Wildman–Crippen LogP) is -0.741. The molecule has 102 valence electrons. The third-order valence-electron chi connectivity index (χ3n) is 3.03. The monoisotopic (exact) mass is 276 g/mol. The fourth-order valence-corrected chi connectivity index (χ4v) is 3.16. The van der Waals surface area contributed by atoms with E-state index in [1.165, 1.54) is 16.7 Å². The summed E-state index contributed by atoms with van der Waals surface area (Å²) in [5.41, 5.74) is 0. The molecule has 1 unspecified atom stereocenters. The van der Waals surface area contributed by atoms with Crippen molar-refractivity contribution in [1.29, 1.82) is 0 Å². The Morgan fingerprint density at radius 3 is 2.89 bits per heavy atom. The molecule has 2 atom stereocenters. The van der Waals surface area contributed by atoms with Crippen LogP contribution in [0.15, 0.2) is 0 Å². The second-order valence-electron chi connectivity index (χ2n) is 4.23. The molecule has 0 bridgehead atoms. The Bertz CT molecular complexity index is 340. The van der Waals surface area contributed by atoms with E-state index < -0.39 is 12.0 Å². The van der Waals surface area contributed by atoms with Crippen LogP contribution < -0.4 is 0 Å². The van der Waals surface area contributed by atoms with Gasteiger partial charge in [-0.25, -0.2) is 9.59 Å². The Labute approximate surface area is 109 Å². The molecule has 0 saturated carbocycles. The number of carboxylic acid groups (broad SMARTS) is 1. The summed E-state index contributed by atoms with van der Waals surface area (Å²) < 4.78 is 5.26. The third kappa shape index (κ3) is 2.70. The van der Waals surface area contributed by atoms with E-state index in [-0.39, 0.29) is 18.7 Å². The van der Waals surface area contributed by atoms with E-state index in [0.717, 1.165) is 0 Å². The standard InChI is InChI=1S/C10H16N2O5S/c13-4-7-3-11(1-2-17-7)10(16)12-6-18-5-8(12)9(14)15/h7-8,13H,1-6H2,(H,14,15)/t7?,8-/m0/s1. The van der Waals surface area contributed by atoms with E-state index in [1.807, 2.05) is 0 Å². The van der Waals surface area contributed by atoms with Crippen molar-refractivity contribution in [3.05, 3.63) is 0 Å². The number of amides is 2. The number of thioether (sulfide) groups is 1. The average Bonchev–Trinajstić information content (AvgIpc) is 2.87. The van der Waals surface area contributed by atoms with Crippen molar-refractivity contribution < 1.29 is 24.5 Å². The number of carboxylic acids is 1. The number of hydrogen-bond donors (Lipinski definition) is 2.